The van der Waals surface area contributed by atoms with Crippen molar-refractivity contribution in [3.05, 3.63) is 0 Å². The van der Waals surface area contributed by atoms with Gasteiger partial charge in [-0.3, -0.25) is 4.90 Å². The van der Waals surface area contributed by atoms with Crippen molar-refractivity contribution in [3.8, 4) is 0 Å². The Labute approximate surface area is 163 Å². The van der Waals surface area contributed by atoms with Crippen molar-refractivity contribution in [2.24, 2.45) is 0 Å². The average Bonchev–Trinajstić information content (AvgIpc) is 2.65. The summed E-state index contributed by atoms with van der Waals surface area (Å²) in [6.45, 7) is 8.00. The molecule has 1 saturated heterocycles. The Morgan fingerprint density at radius 3 is 1.41 bits per heavy atom. The van der Waals surface area contributed by atoms with Crippen LogP contribution in [0.15, 0.2) is 0 Å². The fourth-order valence-electron chi connectivity index (χ4n) is 2.29. The molecular formula is C17H35NO8S. The van der Waals surface area contributed by atoms with Gasteiger partial charge in [0.15, 0.2) is 9.84 Å². The minimum absolute atomic E-state index is 0.253. The van der Waals surface area contributed by atoms with Crippen molar-refractivity contribution in [2.75, 3.05) is 111 Å². The van der Waals surface area contributed by atoms with Gasteiger partial charge in [0.2, 0.25) is 0 Å². The highest BCUT2D eigenvalue weighted by Crippen LogP contribution is 2.02. The summed E-state index contributed by atoms with van der Waals surface area (Å²) in [7, 11) is -1.17. The van der Waals surface area contributed by atoms with E-state index >= 15 is 0 Å². The van der Waals surface area contributed by atoms with E-state index in [1.165, 1.54) is 0 Å². The minimum Gasteiger partial charge on any atom is -0.382 e. The molecular weight excluding hydrogens is 378 g/mol. The van der Waals surface area contributed by atoms with Gasteiger partial charge in [-0.1, -0.05) is 0 Å². The molecule has 162 valence electrons. The lowest BCUT2D eigenvalue weighted by molar-refractivity contribution is -0.0155. The highest BCUT2D eigenvalue weighted by Gasteiger charge is 2.20. The summed E-state index contributed by atoms with van der Waals surface area (Å²) in [5, 5.41) is 0. The molecule has 0 aromatic carbocycles. The number of nitrogens with zero attached hydrogens (tertiary/aromatic N) is 1. The number of sulfone groups is 1. The maximum atomic E-state index is 11.3. The molecule has 1 rings (SSSR count). The molecule has 0 saturated carbocycles. The summed E-state index contributed by atoms with van der Waals surface area (Å²) in [5.41, 5.74) is 0. The van der Waals surface area contributed by atoms with Crippen molar-refractivity contribution >= 4 is 9.84 Å². The van der Waals surface area contributed by atoms with Gasteiger partial charge in [-0.2, -0.15) is 0 Å². The zero-order chi connectivity index (χ0) is 19.6. The second-order valence-electron chi connectivity index (χ2n) is 6.05. The molecule has 0 spiro atoms. The third-order valence-electron chi connectivity index (χ3n) is 3.91. The summed E-state index contributed by atoms with van der Waals surface area (Å²) in [6, 6.07) is 0. The molecule has 0 N–H and O–H groups in total. The van der Waals surface area contributed by atoms with Crippen molar-refractivity contribution in [1.29, 1.82) is 0 Å². The van der Waals surface area contributed by atoms with Gasteiger partial charge in [-0.25, -0.2) is 8.42 Å². The van der Waals surface area contributed by atoms with E-state index in [1.807, 2.05) is 0 Å². The van der Waals surface area contributed by atoms with Crippen molar-refractivity contribution in [1.82, 2.24) is 4.90 Å². The van der Waals surface area contributed by atoms with E-state index in [1.54, 1.807) is 7.11 Å². The predicted octanol–water partition coefficient (Wildman–Crippen LogP) is -0.554. The maximum absolute atomic E-state index is 11.3. The largest absolute Gasteiger partial charge is 0.382 e. The molecule has 1 heterocycles. The highest BCUT2D eigenvalue weighted by molar-refractivity contribution is 7.91. The van der Waals surface area contributed by atoms with Crippen molar-refractivity contribution in [2.45, 2.75) is 0 Å². The number of hydrogen-bond acceptors (Lipinski definition) is 9. The quantitative estimate of drug-likeness (QED) is 0.274. The number of hydrogen-bond donors (Lipinski definition) is 0. The van der Waals surface area contributed by atoms with Gasteiger partial charge < -0.3 is 28.4 Å². The maximum Gasteiger partial charge on any atom is 0.152 e. The van der Waals surface area contributed by atoms with Crippen molar-refractivity contribution < 1.29 is 36.8 Å². The predicted molar refractivity (Wildman–Crippen MR) is 101 cm³/mol. The van der Waals surface area contributed by atoms with E-state index < -0.39 is 9.84 Å². The van der Waals surface area contributed by atoms with Crippen LogP contribution < -0.4 is 0 Å². The monoisotopic (exact) mass is 413 g/mol. The minimum atomic E-state index is -2.81. The molecule has 0 aromatic rings. The fourth-order valence-corrected chi connectivity index (χ4v) is 3.57. The van der Waals surface area contributed by atoms with Gasteiger partial charge in [0.25, 0.3) is 0 Å². The molecule has 27 heavy (non-hydrogen) atoms. The molecule has 0 radical (unpaired) electrons. The molecule has 0 aliphatic carbocycles. The SMILES string of the molecule is COCCOCCOCCOCCOCCOCCN1CCS(=O)(=O)CC1. The molecule has 1 aliphatic heterocycles. The van der Waals surface area contributed by atoms with E-state index in [0.717, 1.165) is 6.54 Å². The number of ether oxygens (including phenoxy) is 6. The fraction of sp³-hybridized carbons (Fsp3) is 1.00. The van der Waals surface area contributed by atoms with Gasteiger partial charge in [0, 0.05) is 26.7 Å². The standard InChI is InChI=1S/C17H35NO8S/c1-21-6-7-23-10-11-25-14-15-26-13-12-24-9-8-22-5-2-18-3-16-27(19,20)17-4-18/h2-17H2,1H3. The molecule has 0 unspecified atom stereocenters. The Balaban J connectivity index is 1.71. The topological polar surface area (TPSA) is 92.8 Å². The lowest BCUT2D eigenvalue weighted by Crippen LogP contribution is -2.41. The third-order valence-corrected chi connectivity index (χ3v) is 5.52. The lowest BCUT2D eigenvalue weighted by atomic mass is 10.5. The van der Waals surface area contributed by atoms with E-state index in [-0.39, 0.29) is 11.5 Å². The Hall–Kier alpha value is -0.330. The molecule has 0 amide bonds. The number of methoxy groups -OCH3 is 1. The Kier molecular flexibility index (Phi) is 15.2. The van der Waals surface area contributed by atoms with Crippen LogP contribution in [0, 0.1) is 0 Å². The van der Waals surface area contributed by atoms with Gasteiger partial charge >= 0.3 is 0 Å². The van der Waals surface area contributed by atoms with Crippen LogP contribution in [0.3, 0.4) is 0 Å². The first-order valence-corrected chi connectivity index (χ1v) is 11.3. The first kappa shape index (κ1) is 24.7. The normalized spacial score (nSPS) is 17.4. The highest BCUT2D eigenvalue weighted by atomic mass is 32.2. The van der Waals surface area contributed by atoms with Gasteiger partial charge in [0.1, 0.15) is 0 Å². The Bertz CT molecular complexity index is 421. The second kappa shape index (κ2) is 16.6. The van der Waals surface area contributed by atoms with E-state index in [2.05, 4.69) is 4.90 Å². The molecule has 0 aromatic heterocycles. The smallest absolute Gasteiger partial charge is 0.152 e. The molecule has 0 bridgehead atoms. The van der Waals surface area contributed by atoms with Crippen LogP contribution in [0.1, 0.15) is 0 Å². The first-order valence-electron chi connectivity index (χ1n) is 9.44. The summed E-state index contributed by atoms with van der Waals surface area (Å²) in [4.78, 5) is 2.11. The van der Waals surface area contributed by atoms with Crippen LogP contribution in [0.2, 0.25) is 0 Å². The molecule has 9 nitrogen and oxygen atoms in total. The summed E-state index contributed by atoms with van der Waals surface area (Å²) in [6.07, 6.45) is 0. The van der Waals surface area contributed by atoms with E-state index in [9.17, 15) is 8.42 Å². The molecule has 0 atom stereocenters. The average molecular weight is 414 g/mol. The van der Waals surface area contributed by atoms with E-state index in [4.69, 9.17) is 28.4 Å². The van der Waals surface area contributed by atoms with Crippen LogP contribution in [0.5, 0.6) is 0 Å². The van der Waals surface area contributed by atoms with Crippen LogP contribution in [0.4, 0.5) is 0 Å². The van der Waals surface area contributed by atoms with Crippen LogP contribution in [-0.4, -0.2) is 124 Å². The number of rotatable bonds is 18. The zero-order valence-electron chi connectivity index (χ0n) is 16.4. The van der Waals surface area contributed by atoms with Gasteiger partial charge in [-0.05, 0) is 0 Å². The summed E-state index contributed by atoms with van der Waals surface area (Å²) < 4.78 is 54.5. The van der Waals surface area contributed by atoms with Crippen LogP contribution in [0.25, 0.3) is 0 Å². The van der Waals surface area contributed by atoms with Crippen LogP contribution >= 0.6 is 0 Å². The van der Waals surface area contributed by atoms with Gasteiger partial charge in [-0.15, -0.1) is 0 Å². The van der Waals surface area contributed by atoms with E-state index in [0.29, 0.717) is 85.8 Å². The Morgan fingerprint density at radius 2 is 1.00 bits per heavy atom. The lowest BCUT2D eigenvalue weighted by Gasteiger charge is -2.26. The van der Waals surface area contributed by atoms with Crippen molar-refractivity contribution in [3.63, 3.8) is 0 Å². The first-order chi connectivity index (χ1) is 13.1. The molecule has 1 aliphatic rings. The summed E-state index contributed by atoms with van der Waals surface area (Å²) in [5.74, 6) is 0.507. The molecule has 1 fully saturated rings. The second-order valence-corrected chi connectivity index (χ2v) is 8.35. The van der Waals surface area contributed by atoms with Gasteiger partial charge in [0.05, 0.1) is 84.2 Å². The van der Waals surface area contributed by atoms with Crippen LogP contribution in [-0.2, 0) is 38.3 Å². The third kappa shape index (κ3) is 15.3. The zero-order valence-corrected chi connectivity index (χ0v) is 17.3. The summed E-state index contributed by atoms with van der Waals surface area (Å²) >= 11 is 0. The molecule has 10 heteroatoms. The Morgan fingerprint density at radius 1 is 0.630 bits per heavy atom.